The minimum atomic E-state index is 0.239. The van der Waals surface area contributed by atoms with Crippen molar-refractivity contribution in [3.8, 4) is 0 Å². The van der Waals surface area contributed by atoms with Crippen molar-refractivity contribution < 1.29 is 0 Å². The van der Waals surface area contributed by atoms with Gasteiger partial charge in [-0.05, 0) is 23.6 Å². The fraction of sp³-hybridized carbons (Fsp3) is 0.250. The summed E-state index contributed by atoms with van der Waals surface area (Å²) in [6.45, 7) is 1.87. The van der Waals surface area contributed by atoms with Gasteiger partial charge in [0.1, 0.15) is 0 Å². The third-order valence-electron chi connectivity index (χ3n) is 3.49. The van der Waals surface area contributed by atoms with E-state index in [-0.39, 0.29) is 6.04 Å². The van der Waals surface area contributed by atoms with Gasteiger partial charge in [0.15, 0.2) is 0 Å². The van der Waals surface area contributed by atoms with Gasteiger partial charge in [-0.25, -0.2) is 0 Å². The first-order valence-electron chi connectivity index (χ1n) is 6.45. The highest BCUT2D eigenvalue weighted by atomic mass is 15.2. The number of fused-ring (bicyclic) bond motifs is 1. The summed E-state index contributed by atoms with van der Waals surface area (Å²) in [7, 11) is 0. The highest BCUT2D eigenvalue weighted by molar-refractivity contribution is 5.56. The van der Waals surface area contributed by atoms with E-state index in [4.69, 9.17) is 5.73 Å². The van der Waals surface area contributed by atoms with Crippen LogP contribution in [0.2, 0.25) is 0 Å². The number of nitrogens with zero attached hydrogens (tertiary/aromatic N) is 1. The number of para-hydroxylation sites is 1. The maximum Gasteiger partial charge on any atom is 0.0430 e. The van der Waals surface area contributed by atoms with Crippen molar-refractivity contribution in [1.82, 2.24) is 0 Å². The molecule has 2 nitrogen and oxygen atoms in total. The Morgan fingerprint density at radius 3 is 2.56 bits per heavy atom. The third kappa shape index (κ3) is 2.24. The van der Waals surface area contributed by atoms with Crippen molar-refractivity contribution in [2.24, 2.45) is 5.73 Å². The van der Waals surface area contributed by atoms with E-state index in [1.807, 2.05) is 0 Å². The summed E-state index contributed by atoms with van der Waals surface area (Å²) in [6.07, 6.45) is 0.988. The summed E-state index contributed by atoms with van der Waals surface area (Å²) in [5.74, 6) is 0. The van der Waals surface area contributed by atoms with Crippen molar-refractivity contribution >= 4 is 5.69 Å². The Morgan fingerprint density at radius 2 is 1.72 bits per heavy atom. The fourth-order valence-corrected chi connectivity index (χ4v) is 2.67. The number of hydrogen-bond donors (Lipinski definition) is 1. The molecule has 0 bridgehead atoms. The van der Waals surface area contributed by atoms with Crippen molar-refractivity contribution in [3.63, 3.8) is 0 Å². The Morgan fingerprint density at radius 1 is 1.00 bits per heavy atom. The van der Waals surface area contributed by atoms with E-state index >= 15 is 0 Å². The van der Waals surface area contributed by atoms with Crippen LogP contribution in [0.1, 0.15) is 11.1 Å². The Kier molecular flexibility index (Phi) is 3.03. The molecule has 1 aliphatic rings. The average molecular weight is 238 g/mol. The zero-order valence-electron chi connectivity index (χ0n) is 10.4. The van der Waals surface area contributed by atoms with Gasteiger partial charge in [-0.2, -0.15) is 0 Å². The quantitative estimate of drug-likeness (QED) is 0.871. The Bertz CT molecular complexity index is 522. The van der Waals surface area contributed by atoms with Crippen LogP contribution in [-0.4, -0.2) is 12.6 Å². The molecular weight excluding hydrogens is 220 g/mol. The van der Waals surface area contributed by atoms with E-state index < -0.39 is 0 Å². The molecule has 0 aliphatic carbocycles. The first-order chi connectivity index (χ1) is 8.83. The molecule has 0 fully saturated rings. The third-order valence-corrected chi connectivity index (χ3v) is 3.49. The molecule has 0 unspecified atom stereocenters. The first-order valence-corrected chi connectivity index (χ1v) is 6.45. The molecule has 3 rings (SSSR count). The second kappa shape index (κ2) is 4.83. The maximum atomic E-state index is 6.15. The minimum Gasteiger partial charge on any atom is -0.365 e. The molecule has 2 aromatic carbocycles. The van der Waals surface area contributed by atoms with Crippen molar-refractivity contribution in [2.45, 2.75) is 19.0 Å². The molecule has 18 heavy (non-hydrogen) atoms. The Hall–Kier alpha value is -1.80. The summed E-state index contributed by atoms with van der Waals surface area (Å²) < 4.78 is 0. The minimum absolute atomic E-state index is 0.239. The number of anilines is 1. The summed E-state index contributed by atoms with van der Waals surface area (Å²) in [5.41, 5.74) is 10.2. The predicted molar refractivity (Wildman–Crippen MR) is 75.6 cm³/mol. The van der Waals surface area contributed by atoms with Crippen LogP contribution in [0.4, 0.5) is 5.69 Å². The smallest absolute Gasteiger partial charge is 0.0430 e. The number of hydrogen-bond acceptors (Lipinski definition) is 2. The van der Waals surface area contributed by atoms with Crippen LogP contribution in [0.15, 0.2) is 54.6 Å². The molecule has 1 aliphatic heterocycles. The van der Waals surface area contributed by atoms with E-state index in [0.717, 1.165) is 19.5 Å². The van der Waals surface area contributed by atoms with Gasteiger partial charge in [0.2, 0.25) is 0 Å². The first kappa shape index (κ1) is 11.3. The molecular formula is C16H18N2. The average Bonchev–Trinajstić information content (AvgIpc) is 2.40. The summed E-state index contributed by atoms with van der Waals surface area (Å²) in [4.78, 5) is 2.39. The zero-order chi connectivity index (χ0) is 12.4. The standard InChI is InChI=1S/C16H18N2/c17-15-10-14-8-4-5-9-16(14)18(12-15)11-13-6-2-1-3-7-13/h1-9,15H,10-12,17H2/t15-/m1/s1. The summed E-state index contributed by atoms with van der Waals surface area (Å²) in [6, 6.07) is 19.4. The second-order valence-electron chi connectivity index (χ2n) is 4.96. The van der Waals surface area contributed by atoms with E-state index in [1.54, 1.807) is 0 Å². The highest BCUT2D eigenvalue weighted by Crippen LogP contribution is 2.27. The molecule has 2 N–H and O–H groups in total. The van der Waals surface area contributed by atoms with Crippen LogP contribution in [-0.2, 0) is 13.0 Å². The van der Waals surface area contributed by atoms with Gasteiger partial charge in [0.25, 0.3) is 0 Å². The van der Waals surface area contributed by atoms with Crippen LogP contribution in [0, 0.1) is 0 Å². The Balaban J connectivity index is 1.89. The zero-order valence-corrected chi connectivity index (χ0v) is 10.4. The van der Waals surface area contributed by atoms with Gasteiger partial charge in [-0.15, -0.1) is 0 Å². The van der Waals surface area contributed by atoms with Crippen LogP contribution in [0.25, 0.3) is 0 Å². The van der Waals surface area contributed by atoms with Crippen molar-refractivity contribution in [2.75, 3.05) is 11.4 Å². The van der Waals surface area contributed by atoms with Crippen molar-refractivity contribution in [3.05, 3.63) is 65.7 Å². The van der Waals surface area contributed by atoms with E-state index in [1.165, 1.54) is 16.8 Å². The van der Waals surface area contributed by atoms with E-state index in [9.17, 15) is 0 Å². The molecule has 0 saturated heterocycles. The topological polar surface area (TPSA) is 29.3 Å². The SMILES string of the molecule is N[C@@H]1Cc2ccccc2N(Cc2ccccc2)C1. The van der Waals surface area contributed by atoms with Gasteiger partial charge in [-0.3, -0.25) is 0 Å². The summed E-state index contributed by atoms with van der Waals surface area (Å²) in [5, 5.41) is 0. The van der Waals surface area contributed by atoms with Gasteiger partial charge in [-0.1, -0.05) is 48.5 Å². The van der Waals surface area contributed by atoms with E-state index in [0.29, 0.717) is 0 Å². The predicted octanol–water partition coefficient (Wildman–Crippen LogP) is 2.58. The molecule has 0 radical (unpaired) electrons. The number of nitrogens with two attached hydrogens (primary N) is 1. The molecule has 1 atom stereocenters. The van der Waals surface area contributed by atoms with Gasteiger partial charge in [0.05, 0.1) is 0 Å². The second-order valence-corrected chi connectivity index (χ2v) is 4.96. The molecule has 1 heterocycles. The fourth-order valence-electron chi connectivity index (χ4n) is 2.67. The van der Waals surface area contributed by atoms with Crippen molar-refractivity contribution in [1.29, 1.82) is 0 Å². The normalized spacial score (nSPS) is 18.5. The molecule has 0 spiro atoms. The maximum absolute atomic E-state index is 6.15. The monoisotopic (exact) mass is 238 g/mol. The van der Waals surface area contributed by atoms with Crippen LogP contribution in [0.5, 0.6) is 0 Å². The molecule has 0 aromatic heterocycles. The van der Waals surface area contributed by atoms with Gasteiger partial charge >= 0.3 is 0 Å². The Labute approximate surface area is 108 Å². The molecule has 0 saturated carbocycles. The molecule has 92 valence electrons. The molecule has 2 heteroatoms. The lowest BCUT2D eigenvalue weighted by molar-refractivity contribution is 0.599. The number of rotatable bonds is 2. The largest absolute Gasteiger partial charge is 0.365 e. The van der Waals surface area contributed by atoms with E-state index in [2.05, 4.69) is 59.5 Å². The molecule has 0 amide bonds. The van der Waals surface area contributed by atoms with Gasteiger partial charge in [0, 0.05) is 24.8 Å². The summed E-state index contributed by atoms with van der Waals surface area (Å²) >= 11 is 0. The molecule has 2 aromatic rings. The number of benzene rings is 2. The van der Waals surface area contributed by atoms with Crippen LogP contribution < -0.4 is 10.6 Å². The lowest BCUT2D eigenvalue weighted by Gasteiger charge is -2.34. The van der Waals surface area contributed by atoms with Gasteiger partial charge < -0.3 is 10.6 Å². The van der Waals surface area contributed by atoms with Crippen LogP contribution >= 0.6 is 0 Å². The lowest BCUT2D eigenvalue weighted by atomic mass is 9.98. The van der Waals surface area contributed by atoms with Crippen LogP contribution in [0.3, 0.4) is 0 Å². The lowest BCUT2D eigenvalue weighted by Crippen LogP contribution is -2.42. The highest BCUT2D eigenvalue weighted by Gasteiger charge is 2.21.